The molecule has 0 fully saturated rings. The lowest BCUT2D eigenvalue weighted by molar-refractivity contribution is 0.588. The van der Waals surface area contributed by atoms with E-state index in [1.807, 2.05) is 36.7 Å². The molecule has 3 heterocycles. The number of hydrogen-bond acceptors (Lipinski definition) is 4. The Labute approximate surface area is 150 Å². The van der Waals surface area contributed by atoms with Crippen molar-refractivity contribution in [1.29, 1.82) is 0 Å². The van der Waals surface area contributed by atoms with E-state index in [0.29, 0.717) is 0 Å². The lowest BCUT2D eigenvalue weighted by Crippen LogP contribution is -2.04. The van der Waals surface area contributed by atoms with Crippen molar-refractivity contribution < 1.29 is 0 Å². The van der Waals surface area contributed by atoms with E-state index in [1.54, 1.807) is 6.20 Å². The monoisotopic (exact) mass is 354 g/mol. The van der Waals surface area contributed by atoms with Gasteiger partial charge < -0.3 is 5.32 Å². The van der Waals surface area contributed by atoms with Crippen LogP contribution in [0.5, 0.6) is 0 Å². The quantitative estimate of drug-likeness (QED) is 0.522. The van der Waals surface area contributed by atoms with Gasteiger partial charge in [-0.25, -0.2) is 0 Å². The van der Waals surface area contributed by atoms with Crippen LogP contribution in [0, 0.1) is 6.92 Å². The Bertz CT molecular complexity index is 1030. The molecule has 7 heteroatoms. The maximum atomic E-state index is 6.07. The number of aryl methyl sites for hydroxylation is 2. The highest BCUT2D eigenvalue weighted by Gasteiger charge is 2.11. The van der Waals surface area contributed by atoms with E-state index in [4.69, 9.17) is 11.6 Å². The zero-order chi connectivity index (χ0) is 17.4. The van der Waals surface area contributed by atoms with Gasteiger partial charge in [-0.2, -0.15) is 10.2 Å². The van der Waals surface area contributed by atoms with Gasteiger partial charge in [-0.3, -0.25) is 14.8 Å². The van der Waals surface area contributed by atoms with Crippen molar-refractivity contribution in [3.8, 4) is 0 Å². The van der Waals surface area contributed by atoms with Crippen molar-refractivity contribution in [2.75, 3.05) is 5.32 Å². The van der Waals surface area contributed by atoms with Crippen LogP contribution in [-0.4, -0.2) is 30.3 Å². The van der Waals surface area contributed by atoms with Gasteiger partial charge in [0, 0.05) is 29.2 Å². The average Bonchev–Trinajstić information content (AvgIpc) is 3.15. The van der Waals surface area contributed by atoms with Crippen LogP contribution in [0.25, 0.3) is 21.9 Å². The Hall–Kier alpha value is -2.60. The number of alkyl halides is 1. The molecule has 0 aliphatic heterocycles. The number of benzene rings is 1. The molecule has 0 saturated heterocycles. The van der Waals surface area contributed by atoms with Crippen molar-refractivity contribution in [2.45, 2.75) is 32.2 Å². The summed E-state index contributed by atoms with van der Waals surface area (Å²) in [6.07, 6.45) is 2.65. The van der Waals surface area contributed by atoms with Gasteiger partial charge in [0.15, 0.2) is 5.82 Å². The van der Waals surface area contributed by atoms with Gasteiger partial charge in [-0.1, -0.05) is 0 Å². The van der Waals surface area contributed by atoms with Crippen LogP contribution in [0.4, 0.5) is 11.5 Å². The molecule has 4 rings (SSSR count). The summed E-state index contributed by atoms with van der Waals surface area (Å²) in [6, 6.07) is 10.1. The molecule has 0 radical (unpaired) electrons. The van der Waals surface area contributed by atoms with E-state index >= 15 is 0 Å². The Kier molecular flexibility index (Phi) is 4.05. The van der Waals surface area contributed by atoms with Gasteiger partial charge in [0.2, 0.25) is 0 Å². The number of aromatic nitrogens is 5. The summed E-state index contributed by atoms with van der Waals surface area (Å²) in [5.41, 5.74) is 4.81. The second kappa shape index (κ2) is 6.37. The van der Waals surface area contributed by atoms with Gasteiger partial charge in [-0.15, -0.1) is 11.6 Å². The zero-order valence-electron chi connectivity index (χ0n) is 14.1. The van der Waals surface area contributed by atoms with E-state index in [0.717, 1.165) is 52.1 Å². The van der Waals surface area contributed by atoms with Crippen LogP contribution < -0.4 is 5.32 Å². The highest BCUT2D eigenvalue weighted by atomic mass is 35.5. The van der Waals surface area contributed by atoms with Crippen molar-refractivity contribution in [2.24, 2.45) is 0 Å². The summed E-state index contributed by atoms with van der Waals surface area (Å²) in [4.78, 5) is 4.38. The first-order valence-corrected chi connectivity index (χ1v) is 8.73. The summed E-state index contributed by atoms with van der Waals surface area (Å²) in [5, 5.41) is 16.6. The fourth-order valence-corrected chi connectivity index (χ4v) is 3.06. The molecule has 0 aliphatic carbocycles. The topological polar surface area (TPSA) is 71.4 Å². The van der Waals surface area contributed by atoms with E-state index < -0.39 is 0 Å². The van der Waals surface area contributed by atoms with Crippen molar-refractivity contribution in [1.82, 2.24) is 25.0 Å². The van der Waals surface area contributed by atoms with E-state index in [1.165, 1.54) is 0 Å². The molecule has 128 valence electrons. The number of nitrogens with one attached hydrogen (secondary N) is 2. The molecule has 0 spiro atoms. The first kappa shape index (κ1) is 15.9. The predicted molar refractivity (Wildman–Crippen MR) is 102 cm³/mol. The van der Waals surface area contributed by atoms with Crippen molar-refractivity contribution in [3.05, 3.63) is 42.2 Å². The third kappa shape index (κ3) is 3.05. The van der Waals surface area contributed by atoms with Crippen LogP contribution in [-0.2, 0) is 6.54 Å². The molecule has 0 aliphatic rings. The summed E-state index contributed by atoms with van der Waals surface area (Å²) >= 11 is 6.07. The molecule has 1 aromatic carbocycles. The van der Waals surface area contributed by atoms with Gasteiger partial charge in [0.25, 0.3) is 0 Å². The maximum absolute atomic E-state index is 6.07. The van der Waals surface area contributed by atoms with Crippen LogP contribution in [0.2, 0.25) is 0 Å². The average molecular weight is 355 g/mol. The van der Waals surface area contributed by atoms with Crippen LogP contribution >= 0.6 is 11.6 Å². The first-order valence-electron chi connectivity index (χ1n) is 8.29. The van der Waals surface area contributed by atoms with Gasteiger partial charge in [-0.05, 0) is 50.6 Å². The number of hydrogen-bond donors (Lipinski definition) is 2. The minimum absolute atomic E-state index is 0.140. The maximum Gasteiger partial charge on any atom is 0.178 e. The number of pyridine rings is 1. The van der Waals surface area contributed by atoms with Crippen LogP contribution in [0.1, 0.15) is 19.0 Å². The number of nitrogens with zero attached hydrogens (tertiary/aromatic N) is 4. The Morgan fingerprint density at radius 2 is 2.20 bits per heavy atom. The number of H-pyrrole nitrogens is 1. The highest BCUT2D eigenvalue weighted by molar-refractivity contribution is 6.20. The number of fused-ring (bicyclic) bond motifs is 2. The third-order valence-corrected chi connectivity index (χ3v) is 4.47. The van der Waals surface area contributed by atoms with E-state index in [9.17, 15) is 0 Å². The number of aromatic amines is 1. The molecule has 1 atom stereocenters. The molecule has 2 N–H and O–H groups in total. The molecule has 0 amide bonds. The predicted octanol–water partition coefficient (Wildman–Crippen LogP) is 4.38. The fourth-order valence-electron chi connectivity index (χ4n) is 2.97. The van der Waals surface area contributed by atoms with Crippen LogP contribution in [0.3, 0.4) is 0 Å². The van der Waals surface area contributed by atoms with Gasteiger partial charge in [0.1, 0.15) is 5.52 Å². The minimum Gasteiger partial charge on any atom is -0.337 e. The van der Waals surface area contributed by atoms with Crippen molar-refractivity contribution in [3.63, 3.8) is 0 Å². The largest absolute Gasteiger partial charge is 0.337 e. The smallest absolute Gasteiger partial charge is 0.178 e. The molecule has 1 unspecified atom stereocenters. The van der Waals surface area contributed by atoms with Crippen LogP contribution in [0.15, 0.2) is 36.5 Å². The normalized spacial score (nSPS) is 12.8. The third-order valence-electron chi connectivity index (χ3n) is 4.26. The SMILES string of the molecule is Cc1nn(CCC(C)Cl)c2ccc(Nc3n[nH]c4cccnc34)cc12. The second-order valence-electron chi connectivity index (χ2n) is 6.21. The van der Waals surface area contributed by atoms with Gasteiger partial charge in [0.05, 0.1) is 16.7 Å². The lowest BCUT2D eigenvalue weighted by atomic mass is 10.2. The number of rotatable bonds is 5. The molecule has 0 bridgehead atoms. The second-order valence-corrected chi connectivity index (χ2v) is 6.95. The molecule has 25 heavy (non-hydrogen) atoms. The van der Waals surface area contributed by atoms with E-state index in [2.05, 4.69) is 37.7 Å². The first-order chi connectivity index (χ1) is 12.1. The molecule has 6 nitrogen and oxygen atoms in total. The highest BCUT2D eigenvalue weighted by Crippen LogP contribution is 2.26. The fraction of sp³-hybridized carbons (Fsp3) is 0.278. The Morgan fingerprint density at radius 3 is 3.04 bits per heavy atom. The Balaban J connectivity index is 1.66. The summed E-state index contributed by atoms with van der Waals surface area (Å²) in [5.74, 6) is 0.718. The molecular formula is C18H19ClN6. The zero-order valence-corrected chi connectivity index (χ0v) is 14.9. The summed E-state index contributed by atoms with van der Waals surface area (Å²) in [7, 11) is 0. The molecular weight excluding hydrogens is 336 g/mol. The Morgan fingerprint density at radius 1 is 1.32 bits per heavy atom. The number of halogens is 1. The lowest BCUT2D eigenvalue weighted by Gasteiger charge is -2.06. The minimum atomic E-state index is 0.140. The van der Waals surface area contributed by atoms with Gasteiger partial charge >= 0.3 is 0 Å². The standard InChI is InChI=1S/C18H19ClN6/c1-11(19)7-9-25-16-6-5-13(10-14(16)12(2)24-25)21-18-17-15(22-23-18)4-3-8-20-17/h3-6,8,10-11H,7,9H2,1-2H3,(H2,21,22,23). The molecule has 4 aromatic rings. The van der Waals surface area contributed by atoms with Crippen molar-refractivity contribution >= 4 is 45.0 Å². The van der Waals surface area contributed by atoms with E-state index in [-0.39, 0.29) is 5.38 Å². The molecule has 3 aromatic heterocycles. The summed E-state index contributed by atoms with van der Waals surface area (Å²) < 4.78 is 2.03. The summed E-state index contributed by atoms with van der Waals surface area (Å²) in [6.45, 7) is 4.85. The number of anilines is 2. The molecule has 0 saturated carbocycles.